The van der Waals surface area contributed by atoms with Gasteiger partial charge >= 0.3 is 0 Å². The summed E-state index contributed by atoms with van der Waals surface area (Å²) in [6.07, 6.45) is 2.91. The average Bonchev–Trinajstić information content (AvgIpc) is 2.82. The first-order valence-electron chi connectivity index (χ1n) is 5.64. The van der Waals surface area contributed by atoms with Gasteiger partial charge in [0, 0.05) is 17.2 Å². The van der Waals surface area contributed by atoms with Gasteiger partial charge in [-0.15, -0.1) is 0 Å². The van der Waals surface area contributed by atoms with Crippen LogP contribution >= 0.6 is 0 Å². The van der Waals surface area contributed by atoms with Gasteiger partial charge in [0.2, 0.25) is 5.88 Å². The van der Waals surface area contributed by atoms with Crippen molar-refractivity contribution in [3.05, 3.63) is 48.3 Å². The van der Waals surface area contributed by atoms with Gasteiger partial charge < -0.3 is 10.3 Å². The minimum absolute atomic E-state index is 0.0534. The molecule has 5 nitrogen and oxygen atoms in total. The van der Waals surface area contributed by atoms with Gasteiger partial charge in [-0.2, -0.15) is 10.2 Å². The molecule has 0 spiro atoms. The molecule has 0 amide bonds. The first-order chi connectivity index (χ1) is 9.66. The number of rotatable bonds is 2. The Balaban J connectivity index is 2.22. The lowest BCUT2D eigenvalue weighted by molar-refractivity contribution is 0.439. The van der Waals surface area contributed by atoms with Gasteiger partial charge in [0.15, 0.2) is 0 Å². The smallest absolute Gasteiger partial charge is 0.230 e. The Morgan fingerprint density at radius 1 is 1.10 bits per heavy atom. The standard InChI is InChI=1S/C13H8F2N4O/c14-8-1-2-9(10(15)5-8)11-12(19-20-13(11)16)7-3-4-17-18-6-7/h1-6H,16H2. The van der Waals surface area contributed by atoms with Crippen molar-refractivity contribution < 1.29 is 13.3 Å². The molecule has 3 aromatic rings. The maximum Gasteiger partial charge on any atom is 0.230 e. The molecule has 0 atom stereocenters. The Kier molecular flexibility index (Phi) is 2.86. The van der Waals surface area contributed by atoms with Crippen molar-refractivity contribution in [3.63, 3.8) is 0 Å². The molecular formula is C13H8F2N4O. The quantitative estimate of drug-likeness (QED) is 0.777. The van der Waals surface area contributed by atoms with Gasteiger partial charge in [0.25, 0.3) is 0 Å². The highest BCUT2D eigenvalue weighted by Crippen LogP contribution is 2.37. The van der Waals surface area contributed by atoms with E-state index in [9.17, 15) is 8.78 Å². The topological polar surface area (TPSA) is 77.8 Å². The summed E-state index contributed by atoms with van der Waals surface area (Å²) in [4.78, 5) is 0. The predicted octanol–water partition coefficient (Wildman–Crippen LogP) is 2.66. The van der Waals surface area contributed by atoms with Gasteiger partial charge in [0.1, 0.15) is 17.3 Å². The summed E-state index contributed by atoms with van der Waals surface area (Å²) < 4.78 is 31.8. The molecule has 7 heteroatoms. The molecule has 2 aromatic heterocycles. The van der Waals surface area contributed by atoms with E-state index in [4.69, 9.17) is 10.3 Å². The van der Waals surface area contributed by atoms with Gasteiger partial charge in [-0.1, -0.05) is 5.16 Å². The summed E-state index contributed by atoms with van der Waals surface area (Å²) in [5.41, 5.74) is 6.95. The number of anilines is 1. The van der Waals surface area contributed by atoms with Crippen molar-refractivity contribution in [2.24, 2.45) is 0 Å². The predicted molar refractivity (Wildman–Crippen MR) is 67.3 cm³/mol. The number of hydrogen-bond acceptors (Lipinski definition) is 5. The molecule has 1 aromatic carbocycles. The van der Waals surface area contributed by atoms with Gasteiger partial charge in [-0.25, -0.2) is 8.78 Å². The average molecular weight is 274 g/mol. The largest absolute Gasteiger partial charge is 0.367 e. The highest BCUT2D eigenvalue weighted by molar-refractivity contribution is 5.86. The Morgan fingerprint density at radius 3 is 2.65 bits per heavy atom. The summed E-state index contributed by atoms with van der Waals surface area (Å²) >= 11 is 0. The van der Waals surface area contributed by atoms with Crippen LogP contribution in [-0.2, 0) is 0 Å². The lowest BCUT2D eigenvalue weighted by Gasteiger charge is -2.04. The summed E-state index contributed by atoms with van der Waals surface area (Å²) in [5, 5.41) is 11.2. The first kappa shape index (κ1) is 12.2. The van der Waals surface area contributed by atoms with E-state index in [0.717, 1.165) is 12.1 Å². The van der Waals surface area contributed by atoms with Crippen molar-refractivity contribution in [2.45, 2.75) is 0 Å². The van der Waals surface area contributed by atoms with Crippen molar-refractivity contribution in [2.75, 3.05) is 5.73 Å². The number of aromatic nitrogens is 3. The number of hydrogen-bond donors (Lipinski definition) is 1. The van der Waals surface area contributed by atoms with Gasteiger partial charge in [-0.3, -0.25) is 0 Å². The highest BCUT2D eigenvalue weighted by Gasteiger charge is 2.20. The third kappa shape index (κ3) is 1.99. The summed E-state index contributed by atoms with van der Waals surface area (Å²) in [6.45, 7) is 0. The zero-order valence-corrected chi connectivity index (χ0v) is 10.0. The maximum absolute atomic E-state index is 13.9. The summed E-state index contributed by atoms with van der Waals surface area (Å²) in [5.74, 6) is -1.47. The normalized spacial score (nSPS) is 10.7. The molecule has 0 unspecified atom stereocenters. The zero-order valence-electron chi connectivity index (χ0n) is 10.0. The van der Waals surface area contributed by atoms with Crippen LogP contribution in [0, 0.1) is 11.6 Å². The van der Waals surface area contributed by atoms with Crippen LogP contribution in [0.3, 0.4) is 0 Å². The van der Waals surface area contributed by atoms with E-state index < -0.39 is 11.6 Å². The summed E-state index contributed by atoms with van der Waals surface area (Å²) in [7, 11) is 0. The number of nitrogen functional groups attached to an aromatic ring is 1. The molecule has 0 aliphatic carbocycles. The number of nitrogens with zero attached hydrogens (tertiary/aromatic N) is 3. The van der Waals surface area contributed by atoms with Crippen LogP contribution in [0.15, 0.2) is 41.2 Å². The van der Waals surface area contributed by atoms with E-state index in [1.54, 1.807) is 6.07 Å². The molecule has 100 valence electrons. The molecule has 3 rings (SSSR count). The van der Waals surface area contributed by atoms with Gasteiger partial charge in [0.05, 0.1) is 18.0 Å². The Morgan fingerprint density at radius 2 is 1.95 bits per heavy atom. The Bertz CT molecular complexity index is 758. The molecule has 0 aliphatic rings. The molecule has 2 N–H and O–H groups in total. The molecule has 20 heavy (non-hydrogen) atoms. The minimum Gasteiger partial charge on any atom is -0.367 e. The van der Waals surface area contributed by atoms with E-state index in [1.165, 1.54) is 18.5 Å². The first-order valence-corrected chi connectivity index (χ1v) is 5.64. The fourth-order valence-corrected chi connectivity index (χ4v) is 1.88. The molecular weight excluding hydrogens is 266 g/mol. The van der Waals surface area contributed by atoms with Crippen LogP contribution < -0.4 is 5.73 Å². The molecule has 0 saturated heterocycles. The molecule has 0 saturated carbocycles. The van der Waals surface area contributed by atoms with E-state index in [0.29, 0.717) is 11.3 Å². The van der Waals surface area contributed by atoms with Crippen molar-refractivity contribution in [1.29, 1.82) is 0 Å². The van der Waals surface area contributed by atoms with Crippen molar-refractivity contribution in [3.8, 4) is 22.4 Å². The fourth-order valence-electron chi connectivity index (χ4n) is 1.88. The fraction of sp³-hybridized carbons (Fsp3) is 0. The van der Waals surface area contributed by atoms with Crippen molar-refractivity contribution in [1.82, 2.24) is 15.4 Å². The van der Waals surface area contributed by atoms with E-state index in [-0.39, 0.29) is 17.0 Å². The van der Waals surface area contributed by atoms with Crippen LogP contribution in [0.2, 0.25) is 0 Å². The zero-order chi connectivity index (χ0) is 14.1. The molecule has 0 fully saturated rings. The second-order valence-electron chi connectivity index (χ2n) is 4.03. The van der Waals surface area contributed by atoms with Crippen LogP contribution in [0.1, 0.15) is 0 Å². The monoisotopic (exact) mass is 274 g/mol. The van der Waals surface area contributed by atoms with Crippen LogP contribution in [-0.4, -0.2) is 15.4 Å². The Hall–Kier alpha value is -2.83. The highest BCUT2D eigenvalue weighted by atomic mass is 19.1. The molecule has 0 radical (unpaired) electrons. The maximum atomic E-state index is 13.9. The SMILES string of the molecule is Nc1onc(-c2ccnnc2)c1-c1ccc(F)cc1F. The number of halogens is 2. The minimum atomic E-state index is -0.747. The van der Waals surface area contributed by atoms with E-state index in [1.807, 2.05) is 0 Å². The molecule has 0 bridgehead atoms. The van der Waals surface area contributed by atoms with Gasteiger partial charge in [-0.05, 0) is 18.2 Å². The third-order valence-electron chi connectivity index (χ3n) is 2.78. The summed E-state index contributed by atoms with van der Waals surface area (Å²) in [6, 6.07) is 4.83. The third-order valence-corrected chi connectivity index (χ3v) is 2.78. The van der Waals surface area contributed by atoms with Crippen LogP contribution in [0.25, 0.3) is 22.4 Å². The molecule has 0 aliphatic heterocycles. The number of benzene rings is 1. The lowest BCUT2D eigenvalue weighted by atomic mass is 10.0. The van der Waals surface area contributed by atoms with E-state index in [2.05, 4.69) is 15.4 Å². The Labute approximate surface area is 112 Å². The van der Waals surface area contributed by atoms with Crippen LogP contribution in [0.5, 0.6) is 0 Å². The van der Waals surface area contributed by atoms with E-state index >= 15 is 0 Å². The second-order valence-corrected chi connectivity index (χ2v) is 4.03. The second kappa shape index (κ2) is 4.69. The lowest BCUT2D eigenvalue weighted by Crippen LogP contribution is -1.92. The van der Waals surface area contributed by atoms with Crippen molar-refractivity contribution >= 4 is 5.88 Å². The van der Waals surface area contributed by atoms with Crippen LogP contribution in [0.4, 0.5) is 14.7 Å². The number of nitrogens with two attached hydrogens (primary N) is 1. The molecule has 2 heterocycles.